The lowest BCUT2D eigenvalue weighted by molar-refractivity contribution is 0.612. The highest BCUT2D eigenvalue weighted by Crippen LogP contribution is 2.24. The van der Waals surface area contributed by atoms with Crippen LogP contribution in [-0.4, -0.2) is 30.5 Å². The summed E-state index contributed by atoms with van der Waals surface area (Å²) in [5, 5.41) is 6.85. The molecule has 0 saturated heterocycles. The van der Waals surface area contributed by atoms with E-state index < -0.39 is 0 Å². The molecule has 0 aliphatic carbocycles. The van der Waals surface area contributed by atoms with E-state index in [1.807, 2.05) is 24.7 Å². The third-order valence-electron chi connectivity index (χ3n) is 4.48. The maximum absolute atomic E-state index is 4.73. The van der Waals surface area contributed by atoms with Gasteiger partial charge >= 0.3 is 0 Å². The lowest BCUT2D eigenvalue weighted by Gasteiger charge is -2.16. The van der Waals surface area contributed by atoms with Gasteiger partial charge in [0.05, 0.1) is 6.33 Å². The van der Waals surface area contributed by atoms with Gasteiger partial charge < -0.3 is 15.2 Å². The zero-order valence-electron chi connectivity index (χ0n) is 15.9. The molecule has 0 aliphatic heterocycles. The van der Waals surface area contributed by atoms with Gasteiger partial charge in [-0.2, -0.15) is 9.97 Å². The number of fused-ring (bicyclic) bond motifs is 1. The Morgan fingerprint density at radius 2 is 1.96 bits per heavy atom. The minimum Gasteiger partial charge on any atom is -0.364 e. The Morgan fingerprint density at radius 1 is 1.15 bits per heavy atom. The van der Waals surface area contributed by atoms with Crippen LogP contribution < -0.4 is 10.6 Å². The van der Waals surface area contributed by atoms with E-state index in [0.29, 0.717) is 18.5 Å². The molecule has 0 amide bonds. The molecular formula is C19H27N7. The highest BCUT2D eigenvalue weighted by molar-refractivity contribution is 5.84. The van der Waals surface area contributed by atoms with Crippen LogP contribution >= 0.6 is 0 Å². The van der Waals surface area contributed by atoms with Gasteiger partial charge in [0.1, 0.15) is 0 Å². The molecule has 0 spiro atoms. The number of nitrogens with one attached hydrogen (secondary N) is 2. The van der Waals surface area contributed by atoms with Gasteiger partial charge in [0, 0.05) is 31.0 Å². The van der Waals surface area contributed by atoms with E-state index in [0.717, 1.165) is 35.4 Å². The summed E-state index contributed by atoms with van der Waals surface area (Å²) in [6.45, 7) is 9.22. The number of imidazole rings is 1. The molecule has 0 saturated carbocycles. The molecule has 0 aromatic carbocycles. The number of anilines is 2. The van der Waals surface area contributed by atoms with Crippen LogP contribution in [0.15, 0.2) is 30.9 Å². The average Bonchev–Trinajstić information content (AvgIpc) is 3.09. The van der Waals surface area contributed by atoms with E-state index in [2.05, 4.69) is 52.9 Å². The topological polar surface area (TPSA) is 80.5 Å². The van der Waals surface area contributed by atoms with Crippen LogP contribution in [0, 0.1) is 0 Å². The maximum Gasteiger partial charge on any atom is 0.227 e. The standard InChI is InChI=1S/C19H27N7/c1-5-15(6-2)23-19-24-17(21-11-14-8-7-9-20-10-14)16-18(25-19)26(12-22-16)13(3)4/h7-10,12-13,15H,5-6,11H2,1-4H3,(H2,21,23,24,25). The Kier molecular flexibility index (Phi) is 5.65. The van der Waals surface area contributed by atoms with Crippen molar-refractivity contribution in [2.45, 2.75) is 59.2 Å². The van der Waals surface area contributed by atoms with Gasteiger partial charge in [-0.25, -0.2) is 4.98 Å². The van der Waals surface area contributed by atoms with Crippen molar-refractivity contribution in [1.82, 2.24) is 24.5 Å². The molecule has 0 bridgehead atoms. The first-order chi connectivity index (χ1) is 12.6. The van der Waals surface area contributed by atoms with Crippen LogP contribution in [0.2, 0.25) is 0 Å². The highest BCUT2D eigenvalue weighted by atomic mass is 15.2. The molecule has 3 heterocycles. The second kappa shape index (κ2) is 8.12. The van der Waals surface area contributed by atoms with Gasteiger partial charge in [-0.3, -0.25) is 4.98 Å². The number of aromatic nitrogens is 5. The Hall–Kier alpha value is -2.70. The first-order valence-electron chi connectivity index (χ1n) is 9.26. The zero-order chi connectivity index (χ0) is 18.5. The molecule has 0 unspecified atom stereocenters. The second-order valence-corrected chi connectivity index (χ2v) is 6.69. The van der Waals surface area contributed by atoms with Gasteiger partial charge in [-0.05, 0) is 38.3 Å². The lowest BCUT2D eigenvalue weighted by atomic mass is 10.2. The fraction of sp³-hybridized carbons (Fsp3) is 0.474. The van der Waals surface area contributed by atoms with E-state index in [-0.39, 0.29) is 6.04 Å². The monoisotopic (exact) mass is 353 g/mol. The van der Waals surface area contributed by atoms with Crippen LogP contribution in [-0.2, 0) is 6.54 Å². The summed E-state index contributed by atoms with van der Waals surface area (Å²) in [5.41, 5.74) is 2.73. The van der Waals surface area contributed by atoms with E-state index in [9.17, 15) is 0 Å². The van der Waals surface area contributed by atoms with E-state index in [1.54, 1.807) is 6.20 Å². The quantitative estimate of drug-likeness (QED) is 0.637. The Bertz CT molecular complexity index is 838. The molecule has 0 fully saturated rings. The number of nitrogens with zero attached hydrogens (tertiary/aromatic N) is 5. The first kappa shape index (κ1) is 18.1. The van der Waals surface area contributed by atoms with Crippen LogP contribution in [0.5, 0.6) is 0 Å². The third-order valence-corrected chi connectivity index (χ3v) is 4.48. The van der Waals surface area contributed by atoms with Gasteiger partial charge in [0.2, 0.25) is 5.95 Å². The smallest absolute Gasteiger partial charge is 0.227 e. The maximum atomic E-state index is 4.73. The number of rotatable bonds is 8. The Balaban J connectivity index is 1.96. The molecule has 3 aromatic heterocycles. The van der Waals surface area contributed by atoms with E-state index in [1.165, 1.54) is 0 Å². The zero-order valence-corrected chi connectivity index (χ0v) is 15.9. The molecule has 7 nitrogen and oxygen atoms in total. The van der Waals surface area contributed by atoms with Crippen molar-refractivity contribution >= 4 is 22.9 Å². The summed E-state index contributed by atoms with van der Waals surface area (Å²) in [7, 11) is 0. The Labute approximate surface area is 154 Å². The number of hydrogen-bond acceptors (Lipinski definition) is 6. The molecule has 0 atom stereocenters. The van der Waals surface area contributed by atoms with Crippen molar-refractivity contribution in [1.29, 1.82) is 0 Å². The summed E-state index contributed by atoms with van der Waals surface area (Å²) in [6.07, 6.45) is 7.51. The molecule has 0 aliphatic rings. The largest absolute Gasteiger partial charge is 0.364 e. The van der Waals surface area contributed by atoms with E-state index in [4.69, 9.17) is 9.97 Å². The molecule has 0 radical (unpaired) electrons. The summed E-state index contributed by atoms with van der Waals surface area (Å²) in [5.74, 6) is 1.38. The SMILES string of the molecule is CCC(CC)Nc1nc(NCc2cccnc2)c2ncn(C(C)C)c2n1. The van der Waals surface area contributed by atoms with Crippen LogP contribution in [0.25, 0.3) is 11.2 Å². The molecule has 26 heavy (non-hydrogen) atoms. The van der Waals surface area contributed by atoms with Crippen LogP contribution in [0.1, 0.15) is 52.1 Å². The summed E-state index contributed by atoms with van der Waals surface area (Å²) in [4.78, 5) is 18.1. The van der Waals surface area contributed by atoms with Gasteiger partial charge in [0.15, 0.2) is 17.0 Å². The molecule has 3 aromatic rings. The fourth-order valence-corrected chi connectivity index (χ4v) is 2.85. The van der Waals surface area contributed by atoms with Gasteiger partial charge in [-0.15, -0.1) is 0 Å². The highest BCUT2D eigenvalue weighted by Gasteiger charge is 2.16. The van der Waals surface area contributed by atoms with Gasteiger partial charge in [-0.1, -0.05) is 19.9 Å². The molecule has 138 valence electrons. The van der Waals surface area contributed by atoms with Crippen molar-refractivity contribution in [3.05, 3.63) is 36.4 Å². The summed E-state index contributed by atoms with van der Waals surface area (Å²) < 4.78 is 2.07. The second-order valence-electron chi connectivity index (χ2n) is 6.69. The molecule has 7 heteroatoms. The van der Waals surface area contributed by atoms with Crippen molar-refractivity contribution in [2.75, 3.05) is 10.6 Å². The molecule has 3 rings (SSSR count). The fourth-order valence-electron chi connectivity index (χ4n) is 2.85. The third kappa shape index (κ3) is 3.92. The lowest BCUT2D eigenvalue weighted by Crippen LogP contribution is -2.19. The predicted molar refractivity (Wildman–Crippen MR) is 105 cm³/mol. The van der Waals surface area contributed by atoms with E-state index >= 15 is 0 Å². The van der Waals surface area contributed by atoms with Crippen molar-refractivity contribution in [3.63, 3.8) is 0 Å². The van der Waals surface area contributed by atoms with Crippen LogP contribution in [0.3, 0.4) is 0 Å². The summed E-state index contributed by atoms with van der Waals surface area (Å²) >= 11 is 0. The van der Waals surface area contributed by atoms with Gasteiger partial charge in [0.25, 0.3) is 0 Å². The minimum absolute atomic E-state index is 0.280. The normalized spacial score (nSPS) is 11.5. The summed E-state index contributed by atoms with van der Waals surface area (Å²) in [6, 6.07) is 4.60. The number of pyridine rings is 1. The van der Waals surface area contributed by atoms with Crippen LogP contribution in [0.4, 0.5) is 11.8 Å². The van der Waals surface area contributed by atoms with Crippen molar-refractivity contribution in [3.8, 4) is 0 Å². The molecular weight excluding hydrogens is 326 g/mol. The van der Waals surface area contributed by atoms with Crippen molar-refractivity contribution < 1.29 is 0 Å². The molecule has 2 N–H and O–H groups in total. The van der Waals surface area contributed by atoms with Crippen molar-refractivity contribution in [2.24, 2.45) is 0 Å². The predicted octanol–water partition coefficient (Wildman–Crippen LogP) is 4.01. The minimum atomic E-state index is 0.280. The Morgan fingerprint density at radius 3 is 2.62 bits per heavy atom. The average molecular weight is 353 g/mol. The first-order valence-corrected chi connectivity index (χ1v) is 9.26. The number of hydrogen-bond donors (Lipinski definition) is 2.